The van der Waals surface area contributed by atoms with Crippen molar-refractivity contribution in [2.75, 3.05) is 6.61 Å². The molecule has 1 aromatic heterocycles. The maximum absolute atomic E-state index is 12.8. The third-order valence-corrected chi connectivity index (χ3v) is 2.25. The second kappa shape index (κ2) is 5.32. The van der Waals surface area contributed by atoms with Gasteiger partial charge in [-0.15, -0.1) is 0 Å². The van der Waals surface area contributed by atoms with E-state index in [4.69, 9.17) is 5.11 Å². The van der Waals surface area contributed by atoms with Gasteiger partial charge in [-0.2, -0.15) is 10.2 Å². The Labute approximate surface area is 98.3 Å². The molecule has 0 atom stereocenters. The Morgan fingerprint density at radius 3 is 2.59 bits per heavy atom. The van der Waals surface area contributed by atoms with Crippen LogP contribution in [0.15, 0.2) is 48.4 Å². The molecule has 0 aliphatic rings. The van der Waals surface area contributed by atoms with Crippen LogP contribution in [0.25, 0.3) is 17.3 Å². The normalized spacial score (nSPS) is 11.5. The van der Waals surface area contributed by atoms with Crippen LogP contribution in [0.5, 0.6) is 0 Å². The molecule has 86 valence electrons. The predicted octanol–water partition coefficient (Wildman–Crippen LogP) is 2.45. The van der Waals surface area contributed by atoms with Crippen LogP contribution in [0.1, 0.15) is 5.56 Å². The maximum Gasteiger partial charge on any atom is 0.126 e. The Kier molecular flexibility index (Phi) is 3.57. The van der Waals surface area contributed by atoms with Gasteiger partial charge in [0.25, 0.3) is 0 Å². The fraction of sp³-hybridized carbons (Fsp3) is 0.0769. The molecule has 3 nitrogen and oxygen atoms in total. The highest BCUT2D eigenvalue weighted by Gasteiger charge is 1.99. The molecule has 2 aromatic rings. The quantitative estimate of drug-likeness (QED) is 0.880. The summed E-state index contributed by atoms with van der Waals surface area (Å²) >= 11 is 0. The lowest BCUT2D eigenvalue weighted by atomic mass is 10.1. The van der Waals surface area contributed by atoms with Gasteiger partial charge in [-0.3, -0.25) is 0 Å². The van der Waals surface area contributed by atoms with Crippen LogP contribution >= 0.6 is 0 Å². The monoisotopic (exact) mass is 230 g/mol. The molecule has 0 fully saturated rings. The number of halogens is 1. The van der Waals surface area contributed by atoms with Crippen LogP contribution < -0.4 is 0 Å². The molecular formula is C13H11FN2O. The van der Waals surface area contributed by atoms with Crippen LogP contribution in [-0.2, 0) is 0 Å². The van der Waals surface area contributed by atoms with Crippen molar-refractivity contribution in [2.45, 2.75) is 0 Å². The minimum absolute atomic E-state index is 0.558. The second-order valence-electron chi connectivity index (χ2n) is 3.48. The molecule has 0 bridgehead atoms. The molecule has 0 saturated heterocycles. The molecule has 2 rings (SSSR count). The van der Waals surface area contributed by atoms with E-state index in [0.29, 0.717) is 5.56 Å². The summed E-state index contributed by atoms with van der Waals surface area (Å²) in [5, 5.41) is 16.3. The molecule has 1 N–H and O–H groups in total. The summed E-state index contributed by atoms with van der Waals surface area (Å²) in [5.41, 5.74) is 2.38. The Morgan fingerprint density at radius 1 is 1.24 bits per heavy atom. The second-order valence-corrected chi connectivity index (χ2v) is 3.48. The molecule has 17 heavy (non-hydrogen) atoms. The number of hydrogen-bond donors (Lipinski definition) is 1. The first-order chi connectivity index (χ1) is 8.29. The zero-order valence-electron chi connectivity index (χ0n) is 9.05. The zero-order chi connectivity index (χ0) is 12.1. The zero-order valence-corrected chi connectivity index (χ0v) is 9.05. The molecule has 0 aliphatic carbocycles. The van der Waals surface area contributed by atoms with Gasteiger partial charge in [-0.25, -0.2) is 4.39 Å². The van der Waals surface area contributed by atoms with Crippen molar-refractivity contribution in [1.82, 2.24) is 10.2 Å². The maximum atomic E-state index is 12.8. The SMILES string of the molecule is OCC(F)=Cc1ccc(-c2cccnn2)cc1. The van der Waals surface area contributed by atoms with Gasteiger partial charge in [-0.1, -0.05) is 24.3 Å². The molecule has 0 amide bonds. The summed E-state index contributed by atoms with van der Waals surface area (Å²) in [6.45, 7) is -0.577. The average Bonchev–Trinajstić information content (AvgIpc) is 2.40. The number of nitrogens with zero attached hydrogens (tertiary/aromatic N) is 2. The van der Waals surface area contributed by atoms with Crippen molar-refractivity contribution in [3.63, 3.8) is 0 Å². The van der Waals surface area contributed by atoms with Gasteiger partial charge in [0, 0.05) is 11.8 Å². The number of rotatable bonds is 3. The molecule has 0 radical (unpaired) electrons. The summed E-state index contributed by atoms with van der Waals surface area (Å²) in [6.07, 6.45) is 2.90. The van der Waals surface area contributed by atoms with E-state index >= 15 is 0 Å². The summed E-state index contributed by atoms with van der Waals surface area (Å²) in [7, 11) is 0. The summed E-state index contributed by atoms with van der Waals surface area (Å²) in [6, 6.07) is 10.9. The van der Waals surface area contributed by atoms with E-state index in [0.717, 1.165) is 11.3 Å². The Bertz CT molecular complexity index is 509. The first-order valence-corrected chi connectivity index (χ1v) is 5.14. The lowest BCUT2D eigenvalue weighted by Gasteiger charge is -2.00. The Morgan fingerprint density at radius 2 is 2.00 bits per heavy atom. The molecule has 1 heterocycles. The smallest absolute Gasteiger partial charge is 0.126 e. The fourth-order valence-corrected chi connectivity index (χ4v) is 1.43. The van der Waals surface area contributed by atoms with Gasteiger partial charge in [0.05, 0.1) is 12.3 Å². The lowest BCUT2D eigenvalue weighted by molar-refractivity contribution is 0.300. The minimum atomic E-state index is -0.577. The highest BCUT2D eigenvalue weighted by molar-refractivity contribution is 5.62. The largest absolute Gasteiger partial charge is 0.389 e. The highest BCUT2D eigenvalue weighted by atomic mass is 19.1. The highest BCUT2D eigenvalue weighted by Crippen LogP contribution is 2.17. The van der Waals surface area contributed by atoms with Gasteiger partial charge in [-0.05, 0) is 23.8 Å². The molecular weight excluding hydrogens is 219 g/mol. The van der Waals surface area contributed by atoms with E-state index in [1.54, 1.807) is 18.3 Å². The van der Waals surface area contributed by atoms with Gasteiger partial charge < -0.3 is 5.11 Å². The Balaban J connectivity index is 2.25. The average molecular weight is 230 g/mol. The fourth-order valence-electron chi connectivity index (χ4n) is 1.43. The van der Waals surface area contributed by atoms with Crippen molar-refractivity contribution in [3.05, 3.63) is 54.0 Å². The summed E-state index contributed by atoms with van der Waals surface area (Å²) in [4.78, 5) is 0. The number of aliphatic hydroxyl groups is 1. The van der Waals surface area contributed by atoms with E-state index in [1.807, 2.05) is 24.3 Å². The number of benzene rings is 1. The predicted molar refractivity (Wildman–Crippen MR) is 63.6 cm³/mol. The summed E-state index contributed by atoms with van der Waals surface area (Å²) in [5.74, 6) is -0.558. The van der Waals surface area contributed by atoms with E-state index in [-0.39, 0.29) is 0 Å². The number of aromatic nitrogens is 2. The molecule has 4 heteroatoms. The van der Waals surface area contributed by atoms with Gasteiger partial charge in [0.2, 0.25) is 0 Å². The van der Waals surface area contributed by atoms with Crippen LogP contribution in [0, 0.1) is 0 Å². The van der Waals surface area contributed by atoms with Crippen LogP contribution in [-0.4, -0.2) is 21.9 Å². The van der Waals surface area contributed by atoms with Gasteiger partial charge in [0.1, 0.15) is 5.83 Å². The third kappa shape index (κ3) is 2.95. The molecule has 0 spiro atoms. The van der Waals surface area contributed by atoms with E-state index in [9.17, 15) is 4.39 Å². The number of aliphatic hydroxyl groups excluding tert-OH is 1. The first kappa shape index (κ1) is 11.4. The standard InChI is InChI=1S/C13H11FN2O/c14-12(9-17)8-10-3-5-11(6-4-10)13-2-1-7-15-16-13/h1-8,17H,9H2. The van der Waals surface area contributed by atoms with E-state index in [1.165, 1.54) is 6.08 Å². The number of hydrogen-bond acceptors (Lipinski definition) is 3. The summed E-state index contributed by atoms with van der Waals surface area (Å²) < 4.78 is 12.8. The van der Waals surface area contributed by atoms with Crippen molar-refractivity contribution in [1.29, 1.82) is 0 Å². The van der Waals surface area contributed by atoms with Crippen LogP contribution in [0.3, 0.4) is 0 Å². The van der Waals surface area contributed by atoms with Gasteiger partial charge >= 0.3 is 0 Å². The minimum Gasteiger partial charge on any atom is -0.389 e. The third-order valence-electron chi connectivity index (χ3n) is 2.25. The van der Waals surface area contributed by atoms with Crippen molar-refractivity contribution >= 4 is 6.08 Å². The molecule has 0 aliphatic heterocycles. The Hall–Kier alpha value is -2.07. The van der Waals surface area contributed by atoms with Crippen LogP contribution in [0.4, 0.5) is 4.39 Å². The van der Waals surface area contributed by atoms with E-state index in [2.05, 4.69) is 10.2 Å². The van der Waals surface area contributed by atoms with Gasteiger partial charge in [0.15, 0.2) is 0 Å². The topological polar surface area (TPSA) is 46.0 Å². The van der Waals surface area contributed by atoms with Crippen molar-refractivity contribution < 1.29 is 9.50 Å². The molecule has 0 saturated carbocycles. The van der Waals surface area contributed by atoms with Crippen LogP contribution in [0.2, 0.25) is 0 Å². The molecule has 1 aromatic carbocycles. The lowest BCUT2D eigenvalue weighted by Crippen LogP contribution is -1.86. The van der Waals surface area contributed by atoms with Crippen molar-refractivity contribution in [2.24, 2.45) is 0 Å². The van der Waals surface area contributed by atoms with E-state index < -0.39 is 12.4 Å². The first-order valence-electron chi connectivity index (χ1n) is 5.14. The van der Waals surface area contributed by atoms with Crippen molar-refractivity contribution in [3.8, 4) is 11.3 Å². The molecule has 0 unspecified atom stereocenters.